The van der Waals surface area contributed by atoms with Gasteiger partial charge in [-0.1, -0.05) is 13.8 Å². The maximum Gasteiger partial charge on any atom is 0.253 e. The second-order valence-electron chi connectivity index (χ2n) is 7.83. The fraction of sp³-hybridized carbons (Fsp3) is 0.600. The predicted octanol–water partition coefficient (Wildman–Crippen LogP) is 1.58. The Morgan fingerprint density at radius 3 is 2.75 bits per heavy atom. The molecule has 1 saturated carbocycles. The SMILES string of the molecule is CC(C)CN(C1CC1)[C@H](CN)C(=O)Nc1ccc(N2CCOCC2=O)c(F)c1. The Bertz CT molecular complexity index is 723. The van der Waals surface area contributed by atoms with Gasteiger partial charge < -0.3 is 20.7 Å². The molecule has 0 unspecified atom stereocenters. The molecule has 2 fully saturated rings. The van der Waals surface area contributed by atoms with Crippen molar-refractivity contribution in [1.82, 2.24) is 4.90 Å². The number of nitrogens with one attached hydrogen (secondary N) is 1. The van der Waals surface area contributed by atoms with Crippen molar-refractivity contribution in [3.8, 4) is 0 Å². The highest BCUT2D eigenvalue weighted by molar-refractivity contribution is 5.97. The van der Waals surface area contributed by atoms with Gasteiger partial charge in [0, 0.05) is 31.4 Å². The topological polar surface area (TPSA) is 87.9 Å². The van der Waals surface area contributed by atoms with E-state index in [0.29, 0.717) is 30.8 Å². The minimum atomic E-state index is -0.557. The molecule has 1 aromatic carbocycles. The number of anilines is 2. The maximum absolute atomic E-state index is 14.6. The van der Waals surface area contributed by atoms with Crippen molar-refractivity contribution in [2.45, 2.75) is 38.8 Å². The largest absolute Gasteiger partial charge is 0.370 e. The highest BCUT2D eigenvalue weighted by Gasteiger charge is 2.37. The molecule has 2 amide bonds. The molecular weight excluding hydrogens is 363 g/mol. The van der Waals surface area contributed by atoms with Crippen molar-refractivity contribution in [2.24, 2.45) is 11.7 Å². The zero-order valence-corrected chi connectivity index (χ0v) is 16.5. The number of carbonyl (C=O) groups is 2. The predicted molar refractivity (Wildman–Crippen MR) is 106 cm³/mol. The summed E-state index contributed by atoms with van der Waals surface area (Å²) < 4.78 is 19.7. The van der Waals surface area contributed by atoms with Gasteiger partial charge in [0.05, 0.1) is 12.3 Å². The summed E-state index contributed by atoms with van der Waals surface area (Å²) in [6, 6.07) is 4.31. The fourth-order valence-corrected chi connectivity index (χ4v) is 3.55. The first-order valence-corrected chi connectivity index (χ1v) is 9.85. The average Bonchev–Trinajstić information content (AvgIpc) is 3.47. The van der Waals surface area contributed by atoms with E-state index in [2.05, 4.69) is 24.1 Å². The maximum atomic E-state index is 14.6. The first-order valence-electron chi connectivity index (χ1n) is 9.85. The lowest BCUT2D eigenvalue weighted by atomic mass is 10.1. The summed E-state index contributed by atoms with van der Waals surface area (Å²) >= 11 is 0. The zero-order chi connectivity index (χ0) is 20.3. The van der Waals surface area contributed by atoms with Crippen LogP contribution >= 0.6 is 0 Å². The van der Waals surface area contributed by atoms with Crippen LogP contribution in [-0.4, -0.2) is 61.6 Å². The Hall–Kier alpha value is -2.03. The van der Waals surface area contributed by atoms with Crippen LogP contribution in [0.3, 0.4) is 0 Å². The van der Waals surface area contributed by atoms with Crippen molar-refractivity contribution in [1.29, 1.82) is 0 Å². The van der Waals surface area contributed by atoms with Crippen molar-refractivity contribution >= 4 is 23.2 Å². The third-order valence-corrected chi connectivity index (χ3v) is 5.01. The van der Waals surface area contributed by atoms with E-state index >= 15 is 0 Å². The molecule has 1 heterocycles. The standard InChI is InChI=1S/C20H29FN4O3/c1-13(2)11-25(15-4-5-15)18(10-22)20(27)23-14-3-6-17(16(21)9-14)24-7-8-28-12-19(24)26/h3,6,9,13,15,18H,4-5,7-8,10-12,22H2,1-2H3,(H,23,27)/t18-/m1/s1. The number of morpholine rings is 1. The van der Waals surface area contributed by atoms with Gasteiger partial charge in [-0.05, 0) is 37.0 Å². The Balaban J connectivity index is 1.70. The summed E-state index contributed by atoms with van der Waals surface area (Å²) in [5, 5.41) is 2.78. The first-order chi connectivity index (χ1) is 13.4. The molecule has 154 valence electrons. The number of carbonyl (C=O) groups excluding carboxylic acids is 2. The van der Waals surface area contributed by atoms with E-state index in [4.69, 9.17) is 10.5 Å². The van der Waals surface area contributed by atoms with Crippen molar-refractivity contribution < 1.29 is 18.7 Å². The second kappa shape index (κ2) is 8.98. The number of nitrogens with two attached hydrogens (primary N) is 1. The quantitative estimate of drug-likeness (QED) is 0.701. The second-order valence-corrected chi connectivity index (χ2v) is 7.83. The Kier molecular flexibility index (Phi) is 6.64. The van der Waals surface area contributed by atoms with E-state index < -0.39 is 11.9 Å². The summed E-state index contributed by atoms with van der Waals surface area (Å²) in [6.07, 6.45) is 2.15. The summed E-state index contributed by atoms with van der Waals surface area (Å²) in [7, 11) is 0. The van der Waals surface area contributed by atoms with Crippen LogP contribution in [0.5, 0.6) is 0 Å². The number of rotatable bonds is 8. The van der Waals surface area contributed by atoms with Crippen LogP contribution in [0.4, 0.5) is 15.8 Å². The van der Waals surface area contributed by atoms with Gasteiger partial charge in [0.2, 0.25) is 5.91 Å². The van der Waals surface area contributed by atoms with E-state index in [1.165, 1.54) is 17.0 Å². The fourth-order valence-electron chi connectivity index (χ4n) is 3.55. The van der Waals surface area contributed by atoms with Crippen LogP contribution in [0, 0.1) is 11.7 Å². The van der Waals surface area contributed by atoms with E-state index in [1.807, 2.05) is 0 Å². The average molecular weight is 392 g/mol. The third-order valence-electron chi connectivity index (χ3n) is 5.01. The molecule has 3 rings (SSSR count). The number of nitrogens with zero attached hydrogens (tertiary/aromatic N) is 2. The van der Waals surface area contributed by atoms with Crippen LogP contribution in [0.1, 0.15) is 26.7 Å². The highest BCUT2D eigenvalue weighted by atomic mass is 19.1. The number of ether oxygens (including phenoxy) is 1. The van der Waals surface area contributed by atoms with E-state index in [-0.39, 0.29) is 30.7 Å². The number of hydrogen-bond acceptors (Lipinski definition) is 5. The molecule has 0 spiro atoms. The smallest absolute Gasteiger partial charge is 0.253 e. The van der Waals surface area contributed by atoms with Crippen molar-refractivity contribution in [3.05, 3.63) is 24.0 Å². The van der Waals surface area contributed by atoms with Crippen LogP contribution in [0.25, 0.3) is 0 Å². The van der Waals surface area contributed by atoms with E-state index in [0.717, 1.165) is 19.4 Å². The number of amides is 2. The van der Waals surface area contributed by atoms with Crippen LogP contribution in [0.15, 0.2) is 18.2 Å². The van der Waals surface area contributed by atoms with Gasteiger partial charge in [-0.2, -0.15) is 0 Å². The highest BCUT2D eigenvalue weighted by Crippen LogP contribution is 2.30. The zero-order valence-electron chi connectivity index (χ0n) is 16.5. The van der Waals surface area contributed by atoms with Gasteiger partial charge in [-0.25, -0.2) is 4.39 Å². The first kappa shape index (κ1) is 20.7. The lowest BCUT2D eigenvalue weighted by Gasteiger charge is -2.31. The van der Waals surface area contributed by atoms with Gasteiger partial charge >= 0.3 is 0 Å². The molecule has 1 aliphatic heterocycles. The summed E-state index contributed by atoms with van der Waals surface area (Å²) in [5.74, 6) is -0.646. The normalized spacial score (nSPS) is 18.6. The molecule has 1 atom stereocenters. The monoisotopic (exact) mass is 392 g/mol. The van der Waals surface area contributed by atoms with Crippen molar-refractivity contribution in [3.63, 3.8) is 0 Å². The van der Waals surface area contributed by atoms with Crippen LogP contribution in [-0.2, 0) is 14.3 Å². The number of benzene rings is 1. The molecule has 7 nitrogen and oxygen atoms in total. The lowest BCUT2D eigenvalue weighted by Crippen LogP contribution is -2.51. The third kappa shape index (κ3) is 4.87. The van der Waals surface area contributed by atoms with E-state index in [1.54, 1.807) is 6.07 Å². The minimum absolute atomic E-state index is 0.0526. The van der Waals surface area contributed by atoms with Crippen LogP contribution < -0.4 is 16.0 Å². The van der Waals surface area contributed by atoms with E-state index in [9.17, 15) is 14.0 Å². The summed E-state index contributed by atoms with van der Waals surface area (Å²) in [4.78, 5) is 28.3. The molecule has 1 saturated heterocycles. The van der Waals surface area contributed by atoms with Gasteiger partial charge in [0.25, 0.3) is 5.91 Å². The Morgan fingerprint density at radius 2 is 2.18 bits per heavy atom. The van der Waals surface area contributed by atoms with Crippen molar-refractivity contribution in [2.75, 3.05) is 43.1 Å². The Morgan fingerprint density at radius 1 is 1.43 bits per heavy atom. The number of hydrogen-bond donors (Lipinski definition) is 2. The molecule has 2 aliphatic rings. The molecule has 1 aromatic rings. The van der Waals surface area contributed by atoms with Gasteiger partial charge in [0.15, 0.2) is 0 Å². The molecule has 0 bridgehead atoms. The van der Waals surface area contributed by atoms with Gasteiger partial charge in [0.1, 0.15) is 18.5 Å². The Labute approximate surface area is 165 Å². The molecule has 0 aromatic heterocycles. The minimum Gasteiger partial charge on any atom is -0.370 e. The van der Waals surface area contributed by atoms with Gasteiger partial charge in [-0.3, -0.25) is 14.5 Å². The molecule has 8 heteroatoms. The lowest BCUT2D eigenvalue weighted by molar-refractivity contribution is -0.125. The van der Waals surface area contributed by atoms with Crippen LogP contribution in [0.2, 0.25) is 0 Å². The summed E-state index contributed by atoms with van der Waals surface area (Å²) in [5.41, 5.74) is 6.45. The van der Waals surface area contributed by atoms with Gasteiger partial charge in [-0.15, -0.1) is 0 Å². The molecule has 28 heavy (non-hydrogen) atoms. The number of halogens is 1. The summed E-state index contributed by atoms with van der Waals surface area (Å²) in [6.45, 7) is 5.86. The molecule has 3 N–H and O–H groups in total. The molecule has 1 aliphatic carbocycles. The molecule has 0 radical (unpaired) electrons. The molecular formula is C20H29FN4O3.